The molecular weight excluding hydrogens is 244 g/mol. The Morgan fingerprint density at radius 3 is 2.61 bits per heavy atom. The standard InChI is InChI=1S/C13H28N4S/c1-12(18-3)11-16-13(14-2)15-7-10-17-8-5-4-6-9-17/h12H,4-11H2,1-3H3,(H2,14,15,16). The van der Waals surface area contributed by atoms with E-state index in [1.807, 2.05) is 18.8 Å². The highest BCUT2D eigenvalue weighted by Crippen LogP contribution is 2.07. The molecule has 1 aliphatic heterocycles. The second-order valence-electron chi connectivity index (χ2n) is 4.83. The van der Waals surface area contributed by atoms with Gasteiger partial charge in [-0.25, -0.2) is 0 Å². The van der Waals surface area contributed by atoms with Crippen molar-refractivity contribution in [2.45, 2.75) is 31.4 Å². The van der Waals surface area contributed by atoms with E-state index < -0.39 is 0 Å². The summed E-state index contributed by atoms with van der Waals surface area (Å²) in [6.45, 7) is 7.81. The number of nitrogens with zero attached hydrogens (tertiary/aromatic N) is 2. The molecule has 4 nitrogen and oxygen atoms in total. The SMILES string of the molecule is CN=C(NCCN1CCCCC1)NCC(C)SC. The number of rotatable bonds is 6. The Hall–Kier alpha value is -0.420. The van der Waals surface area contributed by atoms with Gasteiger partial charge in [-0.3, -0.25) is 4.99 Å². The van der Waals surface area contributed by atoms with Gasteiger partial charge in [-0.05, 0) is 32.2 Å². The second kappa shape index (κ2) is 9.50. The monoisotopic (exact) mass is 272 g/mol. The molecule has 1 saturated heterocycles. The predicted octanol–water partition coefficient (Wildman–Crippen LogP) is 1.39. The third-order valence-electron chi connectivity index (χ3n) is 3.35. The maximum Gasteiger partial charge on any atom is 0.191 e. The van der Waals surface area contributed by atoms with Gasteiger partial charge in [0.2, 0.25) is 0 Å². The lowest BCUT2D eigenvalue weighted by Crippen LogP contribution is -2.44. The molecule has 0 aromatic rings. The fraction of sp³-hybridized carbons (Fsp3) is 0.923. The van der Waals surface area contributed by atoms with Crippen LogP contribution >= 0.6 is 11.8 Å². The zero-order chi connectivity index (χ0) is 13.2. The molecule has 0 aliphatic carbocycles. The second-order valence-corrected chi connectivity index (χ2v) is 6.10. The van der Waals surface area contributed by atoms with Crippen molar-refractivity contribution in [1.82, 2.24) is 15.5 Å². The normalized spacial score (nSPS) is 19.6. The minimum Gasteiger partial charge on any atom is -0.355 e. The molecular formula is C13H28N4S. The summed E-state index contributed by atoms with van der Waals surface area (Å²) >= 11 is 1.87. The van der Waals surface area contributed by atoms with Gasteiger partial charge in [0.1, 0.15) is 0 Å². The van der Waals surface area contributed by atoms with E-state index in [1.165, 1.54) is 32.4 Å². The fourth-order valence-electron chi connectivity index (χ4n) is 2.06. The van der Waals surface area contributed by atoms with E-state index in [9.17, 15) is 0 Å². The zero-order valence-corrected chi connectivity index (χ0v) is 12.9. The largest absolute Gasteiger partial charge is 0.355 e. The van der Waals surface area contributed by atoms with Crippen LogP contribution in [0.2, 0.25) is 0 Å². The van der Waals surface area contributed by atoms with Gasteiger partial charge in [-0.1, -0.05) is 13.3 Å². The lowest BCUT2D eigenvalue weighted by atomic mass is 10.1. The van der Waals surface area contributed by atoms with Gasteiger partial charge < -0.3 is 15.5 Å². The van der Waals surface area contributed by atoms with Crippen molar-refractivity contribution < 1.29 is 0 Å². The summed E-state index contributed by atoms with van der Waals surface area (Å²) in [6.07, 6.45) is 6.26. The Kier molecular flexibility index (Phi) is 8.25. The topological polar surface area (TPSA) is 39.7 Å². The number of nitrogens with one attached hydrogen (secondary N) is 2. The van der Waals surface area contributed by atoms with Crippen LogP contribution in [0.1, 0.15) is 26.2 Å². The van der Waals surface area contributed by atoms with Crippen molar-refractivity contribution in [2.24, 2.45) is 4.99 Å². The zero-order valence-electron chi connectivity index (χ0n) is 12.0. The molecule has 0 saturated carbocycles. The summed E-state index contributed by atoms with van der Waals surface area (Å²) in [5, 5.41) is 7.36. The Balaban J connectivity index is 2.11. The van der Waals surface area contributed by atoms with E-state index in [0.29, 0.717) is 5.25 Å². The van der Waals surface area contributed by atoms with Crippen LogP contribution in [0.5, 0.6) is 0 Å². The average molecular weight is 272 g/mol. The van der Waals surface area contributed by atoms with Crippen LogP contribution in [-0.4, -0.2) is 62.1 Å². The summed E-state index contributed by atoms with van der Waals surface area (Å²) in [4.78, 5) is 6.78. The molecule has 0 radical (unpaired) electrons. The van der Waals surface area contributed by atoms with E-state index in [2.05, 4.69) is 33.7 Å². The molecule has 1 aliphatic rings. The van der Waals surface area contributed by atoms with E-state index in [4.69, 9.17) is 0 Å². The average Bonchev–Trinajstić information content (AvgIpc) is 2.43. The predicted molar refractivity (Wildman–Crippen MR) is 82.6 cm³/mol. The van der Waals surface area contributed by atoms with Crippen molar-refractivity contribution in [3.63, 3.8) is 0 Å². The maximum atomic E-state index is 4.24. The highest BCUT2D eigenvalue weighted by atomic mass is 32.2. The third-order valence-corrected chi connectivity index (χ3v) is 4.32. The molecule has 1 heterocycles. The minimum atomic E-state index is 0.616. The molecule has 0 spiro atoms. The van der Waals surface area contributed by atoms with E-state index in [-0.39, 0.29) is 0 Å². The van der Waals surface area contributed by atoms with Gasteiger partial charge in [-0.2, -0.15) is 11.8 Å². The molecule has 106 valence electrons. The summed E-state index contributed by atoms with van der Waals surface area (Å²) in [5.41, 5.74) is 0. The molecule has 0 bridgehead atoms. The quantitative estimate of drug-likeness (QED) is 0.566. The maximum absolute atomic E-state index is 4.24. The summed E-state index contributed by atoms with van der Waals surface area (Å²) < 4.78 is 0. The number of hydrogen-bond donors (Lipinski definition) is 2. The van der Waals surface area contributed by atoms with Gasteiger partial charge in [0.15, 0.2) is 5.96 Å². The van der Waals surface area contributed by atoms with Crippen LogP contribution < -0.4 is 10.6 Å². The van der Waals surface area contributed by atoms with Crippen LogP contribution in [0, 0.1) is 0 Å². The first-order chi connectivity index (χ1) is 8.76. The lowest BCUT2D eigenvalue weighted by Gasteiger charge is -2.26. The van der Waals surface area contributed by atoms with Gasteiger partial charge >= 0.3 is 0 Å². The smallest absolute Gasteiger partial charge is 0.191 e. The first-order valence-electron chi connectivity index (χ1n) is 6.96. The number of guanidine groups is 1. The van der Waals surface area contributed by atoms with Gasteiger partial charge in [-0.15, -0.1) is 0 Å². The Morgan fingerprint density at radius 2 is 2.00 bits per heavy atom. The molecule has 1 fully saturated rings. The van der Waals surface area contributed by atoms with Gasteiger partial charge in [0.05, 0.1) is 0 Å². The van der Waals surface area contributed by atoms with Crippen LogP contribution in [0.15, 0.2) is 4.99 Å². The molecule has 1 unspecified atom stereocenters. The molecule has 2 N–H and O–H groups in total. The van der Waals surface area contributed by atoms with Crippen LogP contribution in [0.4, 0.5) is 0 Å². The van der Waals surface area contributed by atoms with Gasteiger partial charge in [0, 0.05) is 31.9 Å². The minimum absolute atomic E-state index is 0.616. The Bertz CT molecular complexity index is 239. The van der Waals surface area contributed by atoms with E-state index >= 15 is 0 Å². The Labute approximate surface area is 116 Å². The Morgan fingerprint density at radius 1 is 1.28 bits per heavy atom. The first kappa shape index (κ1) is 15.6. The first-order valence-corrected chi connectivity index (χ1v) is 8.24. The highest BCUT2D eigenvalue weighted by molar-refractivity contribution is 7.99. The van der Waals surface area contributed by atoms with Crippen molar-refractivity contribution in [3.8, 4) is 0 Å². The lowest BCUT2D eigenvalue weighted by molar-refractivity contribution is 0.232. The molecule has 18 heavy (non-hydrogen) atoms. The van der Waals surface area contributed by atoms with E-state index in [0.717, 1.165) is 25.6 Å². The van der Waals surface area contributed by atoms with Crippen LogP contribution in [0.3, 0.4) is 0 Å². The number of aliphatic imine (C=N–C) groups is 1. The summed E-state index contributed by atoms with van der Waals surface area (Å²) in [5.74, 6) is 0.924. The van der Waals surface area contributed by atoms with Crippen molar-refractivity contribution in [1.29, 1.82) is 0 Å². The molecule has 0 aromatic carbocycles. The highest BCUT2D eigenvalue weighted by Gasteiger charge is 2.09. The molecule has 1 atom stereocenters. The molecule has 0 aromatic heterocycles. The number of piperidine rings is 1. The molecule has 0 amide bonds. The van der Waals surface area contributed by atoms with Crippen molar-refractivity contribution in [2.75, 3.05) is 46.0 Å². The third kappa shape index (κ3) is 6.50. The van der Waals surface area contributed by atoms with E-state index in [1.54, 1.807) is 0 Å². The molecule has 5 heteroatoms. The summed E-state index contributed by atoms with van der Waals surface area (Å²) in [7, 11) is 1.83. The van der Waals surface area contributed by atoms with Crippen LogP contribution in [0.25, 0.3) is 0 Å². The molecule has 1 rings (SSSR count). The van der Waals surface area contributed by atoms with Gasteiger partial charge in [0.25, 0.3) is 0 Å². The van der Waals surface area contributed by atoms with Crippen LogP contribution in [-0.2, 0) is 0 Å². The van der Waals surface area contributed by atoms with Crippen molar-refractivity contribution in [3.05, 3.63) is 0 Å². The summed E-state index contributed by atoms with van der Waals surface area (Å²) in [6, 6.07) is 0. The number of likely N-dealkylation sites (tertiary alicyclic amines) is 1. The fourth-order valence-corrected chi connectivity index (χ4v) is 2.31. The number of hydrogen-bond acceptors (Lipinski definition) is 3. The van der Waals surface area contributed by atoms with Crippen molar-refractivity contribution >= 4 is 17.7 Å². The number of thioether (sulfide) groups is 1.